The third kappa shape index (κ3) is 8.63. The molecule has 6 rings (SSSR count). The van der Waals surface area contributed by atoms with Gasteiger partial charge < -0.3 is 41.0 Å². The second-order valence-electron chi connectivity index (χ2n) is 18.1. The van der Waals surface area contributed by atoms with Gasteiger partial charge >= 0.3 is 6.03 Å². The number of allylic oxidation sites excluding steroid dienone is 4. The Hall–Kier alpha value is -4.40. The summed E-state index contributed by atoms with van der Waals surface area (Å²) in [6, 6.07) is 5.17. The topological polar surface area (TPSA) is 212 Å². The fourth-order valence-electron chi connectivity index (χ4n) is 11.2. The summed E-state index contributed by atoms with van der Waals surface area (Å²) in [6.07, 6.45) is 8.10. The number of nitrogens with one attached hydrogen (secondary N) is 3. The van der Waals surface area contributed by atoms with Crippen LogP contribution in [-0.4, -0.2) is 83.6 Å². The molecule has 4 amide bonds. The second kappa shape index (κ2) is 17.7. The number of aliphatic hydroxyl groups excluding tert-OH is 1. The van der Waals surface area contributed by atoms with Gasteiger partial charge in [0, 0.05) is 48.2 Å². The molecular weight excluding hydrogens is 757 g/mol. The molecule has 0 aromatic heterocycles. The summed E-state index contributed by atoms with van der Waals surface area (Å²) in [5.41, 5.74) is 4.21. The van der Waals surface area contributed by atoms with E-state index in [4.69, 9.17) is 19.9 Å². The van der Waals surface area contributed by atoms with Gasteiger partial charge in [-0.3, -0.25) is 24.0 Å². The first kappa shape index (κ1) is 44.2. The van der Waals surface area contributed by atoms with Crippen molar-refractivity contribution in [3.63, 3.8) is 0 Å². The average Bonchev–Trinajstić information content (AvgIpc) is 3.66. The molecule has 0 bridgehead atoms. The monoisotopic (exact) mass is 818 g/mol. The Labute approximate surface area is 346 Å². The fourth-order valence-corrected chi connectivity index (χ4v) is 11.2. The normalized spacial score (nSPS) is 32.7. The number of fused-ring (bicyclic) bond motifs is 7. The molecule has 59 heavy (non-hydrogen) atoms. The Bertz CT molecular complexity index is 1860. The molecule has 0 radical (unpaired) electrons. The minimum absolute atomic E-state index is 0.0185. The summed E-state index contributed by atoms with van der Waals surface area (Å²) in [5, 5.41) is 20.1. The minimum Gasteiger partial charge on any atom is -0.486 e. The number of ketones is 3. The highest BCUT2D eigenvalue weighted by Gasteiger charge is 2.75. The number of hydrogen-bond donors (Lipinski definition) is 5. The first-order valence-electron chi connectivity index (χ1n) is 21.3. The lowest BCUT2D eigenvalue weighted by molar-refractivity contribution is -0.200. The molecule has 11 atom stereocenters. The lowest BCUT2D eigenvalue weighted by atomic mass is 9.46. The summed E-state index contributed by atoms with van der Waals surface area (Å²) in [6.45, 7) is 11.2. The van der Waals surface area contributed by atoms with Gasteiger partial charge in [0.1, 0.15) is 12.4 Å². The number of urea groups is 1. The van der Waals surface area contributed by atoms with Gasteiger partial charge in [0.25, 0.3) is 0 Å². The third-order valence-corrected chi connectivity index (χ3v) is 13.9. The van der Waals surface area contributed by atoms with Crippen molar-refractivity contribution in [1.82, 2.24) is 10.6 Å². The SMILES string of the molecule is CCCC1O[C@@H]2C[C@H]3[C@@H]4CCC5=CC(=O)C=C[C@]5(C)[C@H]4[C@@H](O)C[C@]3(C)[C@]2(C(=O)COc2ccc(NC(=O)[C@H](CCCNC(N)=O)CC(=O)[C@@H](NC(C)=O)C(C)C)cc2)O1. The molecule has 322 valence electrons. The van der Waals surface area contributed by atoms with E-state index in [9.17, 15) is 33.9 Å². The minimum atomic E-state index is -1.32. The van der Waals surface area contributed by atoms with E-state index in [2.05, 4.69) is 29.8 Å². The molecule has 5 aliphatic rings. The van der Waals surface area contributed by atoms with Crippen LogP contribution in [0.5, 0.6) is 5.75 Å². The largest absolute Gasteiger partial charge is 0.486 e. The quantitative estimate of drug-likeness (QED) is 0.134. The standard InChI is InChI=1S/C45H62N4O10/c1-7-9-38-58-37-22-33-32-16-11-28-21-30(51)17-18-43(28,5)39(32)35(53)23-44(33,6)45(37,59-38)36(54)24-57-31-14-12-29(13-15-31)49-41(55)27(10-8-19-47-42(46)56)20-34(52)40(25(2)3)48-26(4)50/h12-15,17-18,21,25,27,32-33,35,37-40,53H,7-11,16,19-20,22-24H2,1-6H3,(H,48,50)(H,49,55)(H3,46,47,56)/t27-,32+,33+,35+,37-,38?,39-,40+,43+,44+,45-/m1/s1. The zero-order valence-corrected chi connectivity index (χ0v) is 35.2. The summed E-state index contributed by atoms with van der Waals surface area (Å²) < 4.78 is 19.4. The highest BCUT2D eigenvalue weighted by Crippen LogP contribution is 2.69. The highest BCUT2D eigenvalue weighted by molar-refractivity contribution is 6.01. The van der Waals surface area contributed by atoms with E-state index in [1.165, 1.54) is 6.92 Å². The van der Waals surface area contributed by atoms with Crippen molar-refractivity contribution in [2.45, 2.75) is 129 Å². The molecule has 1 aromatic rings. The van der Waals surface area contributed by atoms with Crippen molar-refractivity contribution in [3.05, 3.63) is 48.1 Å². The summed E-state index contributed by atoms with van der Waals surface area (Å²) in [7, 11) is 0. The first-order chi connectivity index (χ1) is 27.9. The van der Waals surface area contributed by atoms with Gasteiger partial charge in [0.2, 0.25) is 17.6 Å². The van der Waals surface area contributed by atoms with Crippen LogP contribution in [0.1, 0.15) is 99.3 Å². The van der Waals surface area contributed by atoms with Crippen molar-refractivity contribution in [1.29, 1.82) is 0 Å². The lowest BCUT2D eigenvalue weighted by Crippen LogP contribution is -2.63. The smallest absolute Gasteiger partial charge is 0.312 e. The Kier molecular flexibility index (Phi) is 13.2. The van der Waals surface area contributed by atoms with Gasteiger partial charge in [0.15, 0.2) is 23.5 Å². The maximum atomic E-state index is 14.7. The van der Waals surface area contributed by atoms with E-state index in [1.807, 2.05) is 26.8 Å². The molecule has 1 unspecified atom stereocenters. The molecule has 0 spiro atoms. The molecule has 1 heterocycles. The van der Waals surface area contributed by atoms with Gasteiger partial charge in [-0.05, 0) is 99.1 Å². The highest BCUT2D eigenvalue weighted by atomic mass is 16.7. The van der Waals surface area contributed by atoms with Crippen molar-refractivity contribution >= 4 is 40.9 Å². The van der Waals surface area contributed by atoms with Crippen LogP contribution in [0.25, 0.3) is 0 Å². The van der Waals surface area contributed by atoms with Crippen LogP contribution in [0.4, 0.5) is 10.5 Å². The Morgan fingerprint density at radius 2 is 1.83 bits per heavy atom. The Morgan fingerprint density at radius 1 is 1.10 bits per heavy atom. The average molecular weight is 819 g/mol. The molecule has 6 N–H and O–H groups in total. The molecule has 14 nitrogen and oxygen atoms in total. The number of primary amides is 1. The number of nitrogens with two attached hydrogens (primary N) is 1. The first-order valence-corrected chi connectivity index (χ1v) is 21.3. The molecule has 3 saturated carbocycles. The summed E-state index contributed by atoms with van der Waals surface area (Å²) >= 11 is 0. The zero-order chi connectivity index (χ0) is 42.9. The number of amides is 4. The van der Waals surface area contributed by atoms with Crippen molar-refractivity contribution in [2.24, 2.45) is 46.2 Å². The number of benzene rings is 1. The molecule has 1 aromatic carbocycles. The number of rotatable bonds is 17. The fraction of sp³-hybridized carbons (Fsp3) is 0.644. The maximum absolute atomic E-state index is 14.7. The van der Waals surface area contributed by atoms with E-state index >= 15 is 0 Å². The van der Waals surface area contributed by atoms with Crippen LogP contribution in [0.15, 0.2) is 48.1 Å². The third-order valence-electron chi connectivity index (χ3n) is 13.9. The van der Waals surface area contributed by atoms with Crippen LogP contribution in [0, 0.1) is 40.4 Å². The van der Waals surface area contributed by atoms with Crippen LogP contribution in [-0.2, 0) is 33.4 Å². The molecule has 1 aliphatic heterocycles. The van der Waals surface area contributed by atoms with Crippen molar-refractivity contribution in [3.8, 4) is 5.75 Å². The van der Waals surface area contributed by atoms with Gasteiger partial charge in [-0.2, -0.15) is 0 Å². The van der Waals surface area contributed by atoms with Crippen molar-refractivity contribution in [2.75, 3.05) is 18.5 Å². The van der Waals surface area contributed by atoms with Gasteiger partial charge in [-0.25, -0.2) is 4.79 Å². The molecule has 4 aliphatic carbocycles. The second-order valence-corrected chi connectivity index (χ2v) is 18.1. The number of Topliss-reactive ketones (excluding diaryl/α,β-unsaturated/α-hetero) is 2. The number of anilines is 1. The Morgan fingerprint density at radius 3 is 2.49 bits per heavy atom. The number of carbonyl (C=O) groups excluding carboxylic acids is 6. The van der Waals surface area contributed by atoms with E-state index < -0.39 is 58.8 Å². The molecule has 1 saturated heterocycles. The number of hydrogen-bond acceptors (Lipinski definition) is 10. The molecular formula is C45H62N4O10. The van der Waals surface area contributed by atoms with Crippen LogP contribution >= 0.6 is 0 Å². The van der Waals surface area contributed by atoms with E-state index in [0.29, 0.717) is 37.1 Å². The predicted molar refractivity (Wildman–Crippen MR) is 219 cm³/mol. The number of carbonyl (C=O) groups is 6. The number of aliphatic hydroxyl groups is 1. The van der Waals surface area contributed by atoms with E-state index in [0.717, 1.165) is 24.8 Å². The molecule has 4 fully saturated rings. The predicted octanol–water partition coefficient (Wildman–Crippen LogP) is 4.93. The van der Waals surface area contributed by atoms with Crippen LogP contribution in [0.3, 0.4) is 0 Å². The van der Waals surface area contributed by atoms with Crippen LogP contribution in [0.2, 0.25) is 0 Å². The maximum Gasteiger partial charge on any atom is 0.312 e. The summed E-state index contributed by atoms with van der Waals surface area (Å²) in [5.74, 6) is -1.77. The summed E-state index contributed by atoms with van der Waals surface area (Å²) in [4.78, 5) is 76.8. The van der Waals surface area contributed by atoms with Crippen LogP contribution < -0.4 is 26.4 Å². The van der Waals surface area contributed by atoms with Crippen molar-refractivity contribution < 1.29 is 48.1 Å². The number of ether oxygens (including phenoxy) is 3. The van der Waals surface area contributed by atoms with E-state index in [-0.39, 0.29) is 72.9 Å². The van der Waals surface area contributed by atoms with Gasteiger partial charge in [-0.15, -0.1) is 0 Å². The Balaban J connectivity index is 1.15. The van der Waals surface area contributed by atoms with E-state index in [1.54, 1.807) is 36.4 Å². The van der Waals surface area contributed by atoms with Gasteiger partial charge in [-0.1, -0.05) is 52.7 Å². The zero-order valence-electron chi connectivity index (χ0n) is 35.2. The lowest BCUT2D eigenvalue weighted by Gasteiger charge is -2.59. The molecule has 14 heteroatoms. The van der Waals surface area contributed by atoms with Gasteiger partial charge in [0.05, 0.1) is 18.2 Å².